The minimum Gasteiger partial charge on any atom is -0.394 e. The van der Waals surface area contributed by atoms with Crippen LogP contribution in [0, 0.1) is 0 Å². The fourth-order valence-electron chi connectivity index (χ4n) is 1.43. The van der Waals surface area contributed by atoms with Crippen LogP contribution in [-0.4, -0.2) is 49.0 Å². The number of carbonyl (C=O) groups is 1. The van der Waals surface area contributed by atoms with Gasteiger partial charge in [0.2, 0.25) is 5.91 Å². The number of ether oxygens (including phenoxy) is 1. The smallest absolute Gasteiger partial charge is 0.223 e. The monoisotopic (exact) mass is 216 g/mol. The lowest BCUT2D eigenvalue weighted by molar-refractivity contribution is -0.126. The minimum absolute atomic E-state index is 0.0479. The highest BCUT2D eigenvalue weighted by atomic mass is 16.5. The summed E-state index contributed by atoms with van der Waals surface area (Å²) in [5.74, 6) is -0.0808. The molecule has 0 aromatic rings. The van der Waals surface area contributed by atoms with Crippen LogP contribution in [-0.2, 0) is 9.53 Å². The third kappa shape index (κ3) is 4.59. The number of hydrogen-bond acceptors (Lipinski definition) is 4. The molecule has 5 nitrogen and oxygen atoms in total. The van der Waals surface area contributed by atoms with Gasteiger partial charge in [-0.1, -0.05) is 0 Å². The Morgan fingerprint density at radius 1 is 1.67 bits per heavy atom. The van der Waals surface area contributed by atoms with Gasteiger partial charge in [0.05, 0.1) is 31.3 Å². The third-order valence-corrected chi connectivity index (χ3v) is 2.29. The van der Waals surface area contributed by atoms with Crippen LogP contribution in [0.25, 0.3) is 0 Å². The molecule has 1 saturated heterocycles. The number of amides is 1. The van der Waals surface area contributed by atoms with E-state index in [-0.39, 0.29) is 18.6 Å². The van der Waals surface area contributed by atoms with Crippen LogP contribution in [0.4, 0.5) is 0 Å². The molecular formula is C10H20N2O3. The summed E-state index contributed by atoms with van der Waals surface area (Å²) in [6.07, 6.45) is 0.296. The van der Waals surface area contributed by atoms with Crippen molar-refractivity contribution in [2.24, 2.45) is 0 Å². The number of morpholine rings is 1. The van der Waals surface area contributed by atoms with Crippen molar-refractivity contribution in [2.75, 3.05) is 26.3 Å². The second-order valence-corrected chi connectivity index (χ2v) is 4.49. The number of nitrogens with one attached hydrogen (secondary N) is 2. The Labute approximate surface area is 90.2 Å². The Hall–Kier alpha value is -0.650. The summed E-state index contributed by atoms with van der Waals surface area (Å²) in [5.41, 5.74) is -0.556. The van der Waals surface area contributed by atoms with Gasteiger partial charge in [0.1, 0.15) is 0 Å². The van der Waals surface area contributed by atoms with Crippen LogP contribution < -0.4 is 10.6 Å². The molecule has 1 aliphatic rings. The highest BCUT2D eigenvalue weighted by molar-refractivity contribution is 5.77. The standard InChI is InChI=1S/C10H20N2O3/c1-10(2,7-13)12-9(14)5-8-6-11-3-4-15-8/h8,11,13H,3-7H2,1-2H3,(H,12,14). The fourth-order valence-corrected chi connectivity index (χ4v) is 1.43. The van der Waals surface area contributed by atoms with Gasteiger partial charge in [0, 0.05) is 13.1 Å². The maximum absolute atomic E-state index is 11.6. The first-order chi connectivity index (χ1) is 7.03. The van der Waals surface area contributed by atoms with Crippen LogP contribution in [0.2, 0.25) is 0 Å². The minimum atomic E-state index is -0.556. The Balaban J connectivity index is 2.28. The average molecular weight is 216 g/mol. The second kappa shape index (κ2) is 5.44. The molecule has 0 bridgehead atoms. The molecule has 0 aromatic carbocycles. The molecular weight excluding hydrogens is 196 g/mol. The van der Waals surface area contributed by atoms with Gasteiger partial charge in [-0.2, -0.15) is 0 Å². The molecule has 15 heavy (non-hydrogen) atoms. The molecule has 1 amide bonds. The zero-order chi connectivity index (χ0) is 11.3. The van der Waals surface area contributed by atoms with Crippen molar-refractivity contribution in [3.05, 3.63) is 0 Å². The quantitative estimate of drug-likeness (QED) is 0.578. The lowest BCUT2D eigenvalue weighted by atomic mass is 10.1. The maximum Gasteiger partial charge on any atom is 0.223 e. The summed E-state index contributed by atoms with van der Waals surface area (Å²) in [5, 5.41) is 14.9. The van der Waals surface area contributed by atoms with E-state index in [1.165, 1.54) is 0 Å². The predicted octanol–water partition coefficient (Wildman–Crippen LogP) is -0.748. The molecule has 5 heteroatoms. The molecule has 1 aliphatic heterocycles. The Kier molecular flexibility index (Phi) is 4.50. The van der Waals surface area contributed by atoms with Crippen molar-refractivity contribution < 1.29 is 14.6 Å². The van der Waals surface area contributed by atoms with Crippen LogP contribution in [0.15, 0.2) is 0 Å². The molecule has 0 aromatic heterocycles. The van der Waals surface area contributed by atoms with E-state index < -0.39 is 5.54 Å². The van der Waals surface area contributed by atoms with E-state index in [1.54, 1.807) is 13.8 Å². The van der Waals surface area contributed by atoms with Crippen LogP contribution in [0.5, 0.6) is 0 Å². The predicted molar refractivity (Wildman–Crippen MR) is 56.5 cm³/mol. The van der Waals surface area contributed by atoms with Crippen molar-refractivity contribution >= 4 is 5.91 Å². The molecule has 1 rings (SSSR count). The summed E-state index contributed by atoms with van der Waals surface area (Å²) in [6, 6.07) is 0. The summed E-state index contributed by atoms with van der Waals surface area (Å²) in [6.45, 7) is 5.72. The van der Waals surface area contributed by atoms with Gasteiger partial charge >= 0.3 is 0 Å². The Morgan fingerprint density at radius 3 is 2.93 bits per heavy atom. The van der Waals surface area contributed by atoms with Gasteiger partial charge in [-0.25, -0.2) is 0 Å². The lowest BCUT2D eigenvalue weighted by Gasteiger charge is -2.27. The summed E-state index contributed by atoms with van der Waals surface area (Å²) >= 11 is 0. The summed E-state index contributed by atoms with van der Waals surface area (Å²) < 4.78 is 5.41. The first-order valence-electron chi connectivity index (χ1n) is 5.28. The topological polar surface area (TPSA) is 70.6 Å². The largest absolute Gasteiger partial charge is 0.394 e. The van der Waals surface area contributed by atoms with Crippen molar-refractivity contribution in [1.82, 2.24) is 10.6 Å². The number of carbonyl (C=O) groups excluding carboxylic acids is 1. The average Bonchev–Trinajstić information content (AvgIpc) is 2.18. The highest BCUT2D eigenvalue weighted by Gasteiger charge is 2.22. The zero-order valence-electron chi connectivity index (χ0n) is 9.38. The van der Waals surface area contributed by atoms with E-state index in [4.69, 9.17) is 9.84 Å². The molecule has 1 heterocycles. The van der Waals surface area contributed by atoms with Crippen LogP contribution >= 0.6 is 0 Å². The molecule has 0 spiro atoms. The number of aliphatic hydroxyl groups excluding tert-OH is 1. The first-order valence-corrected chi connectivity index (χ1v) is 5.28. The van der Waals surface area contributed by atoms with Crippen molar-refractivity contribution in [3.63, 3.8) is 0 Å². The number of aliphatic hydroxyl groups is 1. The SMILES string of the molecule is CC(C)(CO)NC(=O)CC1CNCCO1. The molecule has 3 N–H and O–H groups in total. The van der Waals surface area contributed by atoms with Gasteiger partial charge in [-0.3, -0.25) is 4.79 Å². The molecule has 88 valence electrons. The van der Waals surface area contributed by atoms with Gasteiger partial charge in [-0.05, 0) is 13.8 Å². The summed E-state index contributed by atoms with van der Waals surface area (Å²) in [4.78, 5) is 11.6. The van der Waals surface area contributed by atoms with Gasteiger partial charge < -0.3 is 20.5 Å². The molecule has 0 saturated carbocycles. The van der Waals surface area contributed by atoms with Gasteiger partial charge in [-0.15, -0.1) is 0 Å². The van der Waals surface area contributed by atoms with E-state index in [0.717, 1.165) is 6.54 Å². The van der Waals surface area contributed by atoms with Gasteiger partial charge in [0.25, 0.3) is 0 Å². The van der Waals surface area contributed by atoms with E-state index >= 15 is 0 Å². The zero-order valence-corrected chi connectivity index (χ0v) is 9.38. The highest BCUT2D eigenvalue weighted by Crippen LogP contribution is 2.05. The van der Waals surface area contributed by atoms with E-state index in [9.17, 15) is 4.79 Å². The van der Waals surface area contributed by atoms with Crippen molar-refractivity contribution in [3.8, 4) is 0 Å². The van der Waals surface area contributed by atoms with Crippen molar-refractivity contribution in [1.29, 1.82) is 0 Å². The van der Waals surface area contributed by atoms with E-state index in [1.807, 2.05) is 0 Å². The maximum atomic E-state index is 11.6. The third-order valence-electron chi connectivity index (χ3n) is 2.29. The molecule has 1 fully saturated rings. The number of hydrogen-bond donors (Lipinski definition) is 3. The summed E-state index contributed by atoms with van der Waals surface area (Å²) in [7, 11) is 0. The lowest BCUT2D eigenvalue weighted by Crippen LogP contribution is -2.49. The molecule has 1 unspecified atom stereocenters. The van der Waals surface area contributed by atoms with Crippen LogP contribution in [0.3, 0.4) is 0 Å². The Bertz CT molecular complexity index is 213. The molecule has 1 atom stereocenters. The first kappa shape index (κ1) is 12.4. The van der Waals surface area contributed by atoms with Crippen LogP contribution in [0.1, 0.15) is 20.3 Å². The second-order valence-electron chi connectivity index (χ2n) is 4.49. The van der Waals surface area contributed by atoms with E-state index in [0.29, 0.717) is 19.6 Å². The molecule has 0 aliphatic carbocycles. The number of rotatable bonds is 4. The van der Waals surface area contributed by atoms with Crippen molar-refractivity contribution in [2.45, 2.75) is 31.9 Å². The normalized spacial score (nSPS) is 22.5. The fraction of sp³-hybridized carbons (Fsp3) is 0.900. The molecule has 0 radical (unpaired) electrons. The van der Waals surface area contributed by atoms with E-state index in [2.05, 4.69) is 10.6 Å². The van der Waals surface area contributed by atoms with Gasteiger partial charge in [0.15, 0.2) is 0 Å². The Morgan fingerprint density at radius 2 is 2.40 bits per heavy atom.